The van der Waals surface area contributed by atoms with Crippen molar-refractivity contribution in [1.82, 2.24) is 14.6 Å². The van der Waals surface area contributed by atoms with Gasteiger partial charge in [0.15, 0.2) is 11.5 Å². The van der Waals surface area contributed by atoms with Gasteiger partial charge in [0, 0.05) is 30.1 Å². The highest BCUT2D eigenvalue weighted by atomic mass is 32.2. The number of nitrogens with zero attached hydrogens (tertiary/aromatic N) is 2. The van der Waals surface area contributed by atoms with E-state index in [4.69, 9.17) is 4.42 Å². The Kier molecular flexibility index (Phi) is 5.61. The van der Waals surface area contributed by atoms with Crippen molar-refractivity contribution in [3.8, 4) is 0 Å². The summed E-state index contributed by atoms with van der Waals surface area (Å²) in [5, 5.41) is 0. The lowest BCUT2D eigenvalue weighted by atomic mass is 9.96. The van der Waals surface area contributed by atoms with Crippen LogP contribution in [0.5, 0.6) is 0 Å². The third-order valence-electron chi connectivity index (χ3n) is 5.29. The molecule has 1 aliphatic heterocycles. The maximum Gasteiger partial charge on any atom is 0.253 e. The van der Waals surface area contributed by atoms with Crippen LogP contribution < -0.4 is 4.72 Å². The molecular weight excluding hydrogens is 414 g/mol. The zero-order chi connectivity index (χ0) is 22.2. The van der Waals surface area contributed by atoms with Crippen LogP contribution in [0.25, 0.3) is 11.1 Å². The number of nitrogens with one attached hydrogen (secondary N) is 1. The number of benzene rings is 2. The molecule has 0 bridgehead atoms. The van der Waals surface area contributed by atoms with Gasteiger partial charge in [0.2, 0.25) is 10.0 Å². The number of likely N-dealkylation sites (tertiary alicyclic amines) is 1. The van der Waals surface area contributed by atoms with Crippen LogP contribution >= 0.6 is 0 Å². The first-order valence-electron chi connectivity index (χ1n) is 10.4. The Morgan fingerprint density at radius 2 is 1.71 bits per heavy atom. The molecule has 164 valence electrons. The summed E-state index contributed by atoms with van der Waals surface area (Å²) in [5.41, 5.74) is 1.54. The average Bonchev–Trinajstić information content (AvgIpc) is 3.16. The molecule has 1 aromatic heterocycles. The zero-order valence-corrected chi connectivity index (χ0v) is 18.8. The number of aromatic nitrogens is 1. The van der Waals surface area contributed by atoms with Crippen molar-refractivity contribution in [3.05, 3.63) is 60.0 Å². The number of carbonyl (C=O) groups is 1. The molecule has 0 radical (unpaired) electrons. The van der Waals surface area contributed by atoms with Crippen LogP contribution in [0.3, 0.4) is 0 Å². The second kappa shape index (κ2) is 8.09. The highest BCUT2D eigenvalue weighted by molar-refractivity contribution is 7.89. The topological polar surface area (TPSA) is 92.5 Å². The fraction of sp³-hybridized carbons (Fsp3) is 0.391. The molecule has 2 heterocycles. The lowest BCUT2D eigenvalue weighted by molar-refractivity contribution is 0.0706. The summed E-state index contributed by atoms with van der Waals surface area (Å²) in [6.07, 6.45) is 1.56. The van der Waals surface area contributed by atoms with Gasteiger partial charge in [-0.25, -0.2) is 18.1 Å². The van der Waals surface area contributed by atoms with E-state index < -0.39 is 15.6 Å². The van der Waals surface area contributed by atoms with E-state index >= 15 is 0 Å². The molecule has 7 nitrogen and oxygen atoms in total. The van der Waals surface area contributed by atoms with Gasteiger partial charge in [-0.3, -0.25) is 4.79 Å². The van der Waals surface area contributed by atoms with Gasteiger partial charge in [0.05, 0.1) is 4.90 Å². The van der Waals surface area contributed by atoms with Crippen molar-refractivity contribution >= 4 is 27.0 Å². The summed E-state index contributed by atoms with van der Waals surface area (Å²) in [6.45, 7) is 6.56. The number of amides is 1. The van der Waals surface area contributed by atoms with Crippen LogP contribution in [0.2, 0.25) is 0 Å². The minimum Gasteiger partial charge on any atom is -0.440 e. The first-order chi connectivity index (χ1) is 14.6. The molecule has 1 fully saturated rings. The normalized spacial score (nSPS) is 16.0. The molecule has 31 heavy (non-hydrogen) atoms. The highest BCUT2D eigenvalue weighted by Gasteiger charge is 2.28. The molecule has 0 unspecified atom stereocenters. The van der Waals surface area contributed by atoms with Crippen LogP contribution in [0, 0.1) is 0 Å². The molecular formula is C23H27N3O4S. The Morgan fingerprint density at radius 1 is 1.06 bits per heavy atom. The molecule has 0 saturated carbocycles. The number of piperidine rings is 1. The van der Waals surface area contributed by atoms with Crippen LogP contribution in [0.15, 0.2) is 57.8 Å². The number of hydrogen-bond acceptors (Lipinski definition) is 5. The van der Waals surface area contributed by atoms with Crippen LogP contribution in [-0.2, 0) is 10.0 Å². The van der Waals surface area contributed by atoms with Crippen molar-refractivity contribution < 1.29 is 17.6 Å². The van der Waals surface area contributed by atoms with Crippen molar-refractivity contribution in [2.75, 3.05) is 13.1 Å². The Labute approximate surface area is 182 Å². The highest BCUT2D eigenvalue weighted by Crippen LogP contribution is 2.30. The fourth-order valence-corrected chi connectivity index (χ4v) is 5.23. The number of oxazole rings is 1. The summed E-state index contributed by atoms with van der Waals surface area (Å²) in [5.74, 6) is 0.824. The van der Waals surface area contributed by atoms with Gasteiger partial charge in [-0.1, -0.05) is 12.1 Å². The number of fused-ring (bicyclic) bond motifs is 1. The van der Waals surface area contributed by atoms with Crippen molar-refractivity contribution in [2.45, 2.75) is 50.0 Å². The zero-order valence-electron chi connectivity index (χ0n) is 18.0. The van der Waals surface area contributed by atoms with Gasteiger partial charge in [-0.2, -0.15) is 0 Å². The maximum atomic E-state index is 12.9. The predicted octanol–water partition coefficient (Wildman–Crippen LogP) is 3.92. The standard InChI is InChI=1S/C23H27N3O4S/c1-23(2,3)25-31(28,29)18-10-8-17(9-11-18)22(27)26-14-12-16(13-15-26)21-24-19-6-4-5-7-20(19)30-21/h4-11,16,25H,12-15H2,1-3H3. The van der Waals surface area contributed by atoms with E-state index in [1.54, 1.807) is 37.8 Å². The number of para-hydroxylation sites is 2. The van der Waals surface area contributed by atoms with Gasteiger partial charge in [-0.05, 0) is 70.0 Å². The molecule has 1 saturated heterocycles. The molecule has 2 aromatic carbocycles. The van der Waals surface area contributed by atoms with Crippen molar-refractivity contribution in [3.63, 3.8) is 0 Å². The predicted molar refractivity (Wildman–Crippen MR) is 118 cm³/mol. The molecule has 8 heteroatoms. The first-order valence-corrected chi connectivity index (χ1v) is 11.9. The van der Waals surface area contributed by atoms with Crippen LogP contribution in [0.4, 0.5) is 0 Å². The number of sulfonamides is 1. The number of rotatable bonds is 4. The second-order valence-corrected chi connectivity index (χ2v) is 10.6. The molecule has 0 atom stereocenters. The Balaban J connectivity index is 1.40. The monoisotopic (exact) mass is 441 g/mol. The third kappa shape index (κ3) is 4.80. The molecule has 1 N–H and O–H groups in total. The molecule has 4 rings (SSSR count). The summed E-state index contributed by atoms with van der Waals surface area (Å²) >= 11 is 0. The van der Waals surface area contributed by atoms with E-state index in [0.717, 1.165) is 29.8 Å². The molecule has 0 spiro atoms. The Morgan fingerprint density at radius 3 is 2.32 bits per heavy atom. The molecule has 1 aliphatic rings. The summed E-state index contributed by atoms with van der Waals surface area (Å²) in [7, 11) is -3.63. The average molecular weight is 442 g/mol. The largest absolute Gasteiger partial charge is 0.440 e. The van der Waals surface area contributed by atoms with Crippen molar-refractivity contribution in [1.29, 1.82) is 0 Å². The second-order valence-electron chi connectivity index (χ2n) is 8.97. The van der Waals surface area contributed by atoms with E-state index in [0.29, 0.717) is 18.7 Å². The molecule has 0 aliphatic carbocycles. The third-order valence-corrected chi connectivity index (χ3v) is 7.07. The van der Waals surface area contributed by atoms with E-state index in [9.17, 15) is 13.2 Å². The SMILES string of the molecule is CC(C)(C)NS(=O)(=O)c1ccc(C(=O)N2CCC(c3nc4ccccc4o3)CC2)cc1. The maximum absolute atomic E-state index is 12.9. The minimum absolute atomic E-state index is 0.0938. The van der Waals surface area contributed by atoms with Gasteiger partial charge in [0.1, 0.15) is 5.52 Å². The van der Waals surface area contributed by atoms with E-state index in [2.05, 4.69) is 9.71 Å². The van der Waals surface area contributed by atoms with Gasteiger partial charge in [0.25, 0.3) is 5.91 Å². The number of carbonyl (C=O) groups excluding carboxylic acids is 1. The molecule has 3 aromatic rings. The Hall–Kier alpha value is -2.71. The minimum atomic E-state index is -3.63. The van der Waals surface area contributed by atoms with Gasteiger partial charge < -0.3 is 9.32 Å². The van der Waals surface area contributed by atoms with Gasteiger partial charge in [-0.15, -0.1) is 0 Å². The summed E-state index contributed by atoms with van der Waals surface area (Å²) < 4.78 is 33.4. The summed E-state index contributed by atoms with van der Waals surface area (Å²) in [6, 6.07) is 13.8. The summed E-state index contributed by atoms with van der Waals surface area (Å²) in [4.78, 5) is 19.4. The van der Waals surface area contributed by atoms with E-state index in [1.807, 2.05) is 24.3 Å². The quantitative estimate of drug-likeness (QED) is 0.662. The fourth-order valence-electron chi connectivity index (χ4n) is 3.82. The number of hydrogen-bond donors (Lipinski definition) is 1. The lowest BCUT2D eigenvalue weighted by Gasteiger charge is -2.30. The van der Waals surface area contributed by atoms with Crippen molar-refractivity contribution in [2.24, 2.45) is 0 Å². The van der Waals surface area contributed by atoms with Crippen LogP contribution in [-0.4, -0.2) is 42.8 Å². The first kappa shape index (κ1) is 21.5. The van der Waals surface area contributed by atoms with E-state index in [1.165, 1.54) is 12.1 Å². The lowest BCUT2D eigenvalue weighted by Crippen LogP contribution is -2.40. The van der Waals surface area contributed by atoms with Gasteiger partial charge >= 0.3 is 0 Å². The Bertz CT molecular complexity index is 1150. The molecule has 1 amide bonds. The smallest absolute Gasteiger partial charge is 0.253 e. The van der Waals surface area contributed by atoms with E-state index in [-0.39, 0.29) is 16.7 Å². The van der Waals surface area contributed by atoms with Crippen LogP contribution in [0.1, 0.15) is 55.8 Å².